The van der Waals surface area contributed by atoms with Crippen molar-refractivity contribution in [2.24, 2.45) is 0 Å². The third-order valence-corrected chi connectivity index (χ3v) is 10.1. The average Bonchev–Trinajstić information content (AvgIpc) is 2.82. The van der Waals surface area contributed by atoms with Gasteiger partial charge in [-0.25, -0.2) is 4.39 Å². The van der Waals surface area contributed by atoms with Crippen molar-refractivity contribution in [1.29, 1.82) is 0 Å². The zero-order valence-electron chi connectivity index (χ0n) is 16.8. The molecule has 0 saturated carbocycles. The second kappa shape index (κ2) is 8.83. The van der Waals surface area contributed by atoms with Gasteiger partial charge >= 0.3 is 0 Å². The third kappa shape index (κ3) is 3.65. The molecule has 0 aliphatic heterocycles. The van der Waals surface area contributed by atoms with Gasteiger partial charge in [0.2, 0.25) is 0 Å². The zero-order chi connectivity index (χ0) is 21.0. The van der Waals surface area contributed by atoms with Crippen LogP contribution in [0.15, 0.2) is 115 Å². The molecule has 1 unspecified atom stereocenters. The molecule has 0 spiro atoms. The van der Waals surface area contributed by atoms with E-state index >= 15 is 0 Å². The van der Waals surface area contributed by atoms with E-state index in [2.05, 4.69) is 36.4 Å². The Kier molecular flexibility index (Phi) is 5.99. The predicted molar refractivity (Wildman–Crippen MR) is 127 cm³/mol. The molecule has 0 fully saturated rings. The van der Waals surface area contributed by atoms with E-state index in [1.807, 2.05) is 61.5 Å². The largest absolute Gasteiger partial charge is 0.384 e. The lowest BCUT2D eigenvalue weighted by molar-refractivity contribution is 0.249. The van der Waals surface area contributed by atoms with Crippen LogP contribution in [0.2, 0.25) is 0 Å². The second-order valence-electron chi connectivity index (χ2n) is 7.27. The van der Waals surface area contributed by atoms with Gasteiger partial charge in [-0.1, -0.05) is 103 Å². The summed E-state index contributed by atoms with van der Waals surface area (Å²) in [6, 6.07) is 37.4. The summed E-state index contributed by atoms with van der Waals surface area (Å²) in [5.41, 5.74) is 0.695. The maximum absolute atomic E-state index is 13.5. The molecule has 150 valence electrons. The van der Waals surface area contributed by atoms with E-state index in [0.717, 1.165) is 5.29 Å². The van der Waals surface area contributed by atoms with Crippen LogP contribution in [-0.4, -0.2) is 10.4 Å². The number of aliphatic hydroxyl groups is 1. The molecule has 3 heteroatoms. The van der Waals surface area contributed by atoms with Gasteiger partial charge in [-0.2, -0.15) is 0 Å². The van der Waals surface area contributed by atoms with Crippen LogP contribution in [0.5, 0.6) is 0 Å². The van der Waals surface area contributed by atoms with Crippen LogP contribution in [0.3, 0.4) is 0 Å². The van der Waals surface area contributed by atoms with Crippen LogP contribution in [-0.2, 0) is 0 Å². The highest BCUT2D eigenvalue weighted by Crippen LogP contribution is 2.48. The van der Waals surface area contributed by atoms with E-state index < -0.39 is 13.0 Å². The Morgan fingerprint density at radius 2 is 1.00 bits per heavy atom. The number of hydrogen-bond donors (Lipinski definition) is 1. The Hall–Kier alpha value is -2.93. The molecule has 4 aromatic carbocycles. The zero-order valence-corrected chi connectivity index (χ0v) is 17.7. The quantitative estimate of drug-likeness (QED) is 0.454. The summed E-state index contributed by atoms with van der Waals surface area (Å²) in [4.78, 5) is 0. The van der Waals surface area contributed by atoms with Crippen molar-refractivity contribution in [1.82, 2.24) is 0 Å². The first-order valence-electron chi connectivity index (χ1n) is 9.97. The molecule has 0 heterocycles. The van der Waals surface area contributed by atoms with E-state index in [1.54, 1.807) is 12.1 Å². The summed E-state index contributed by atoms with van der Waals surface area (Å²) in [6.07, 6.45) is -0.820. The summed E-state index contributed by atoms with van der Waals surface area (Å²) < 4.78 is 13.5. The van der Waals surface area contributed by atoms with Gasteiger partial charge in [-0.05, 0) is 52.7 Å². The Bertz CT molecular complexity index is 1050. The Balaban J connectivity index is 2.11. The van der Waals surface area contributed by atoms with Crippen molar-refractivity contribution < 1.29 is 9.50 Å². The molecule has 30 heavy (non-hydrogen) atoms. The van der Waals surface area contributed by atoms with Gasteiger partial charge < -0.3 is 5.11 Å². The molecule has 0 amide bonds. The molecule has 0 aromatic heterocycles. The fraction of sp³-hybridized carbons (Fsp3) is 0.0741. The molecule has 0 aliphatic rings. The minimum atomic E-state index is -2.30. The first kappa shape index (κ1) is 20.3. The topological polar surface area (TPSA) is 20.2 Å². The lowest BCUT2D eigenvalue weighted by Crippen LogP contribution is -2.31. The number of rotatable bonds is 5. The highest BCUT2D eigenvalue weighted by Gasteiger charge is 2.31. The van der Waals surface area contributed by atoms with E-state index in [4.69, 9.17) is 0 Å². The first-order valence-corrected chi connectivity index (χ1v) is 11.8. The van der Waals surface area contributed by atoms with Crippen molar-refractivity contribution in [3.05, 3.63) is 127 Å². The predicted octanol–water partition coefficient (Wildman–Crippen LogP) is 5.05. The molecule has 0 radical (unpaired) electrons. The SMILES string of the molecule is CC(C(O)c1ccc(F)cc1)=P(c1ccccc1)(c1ccccc1)c1ccccc1. The van der Waals surface area contributed by atoms with Crippen LogP contribution in [0.4, 0.5) is 4.39 Å². The maximum Gasteiger partial charge on any atom is 0.123 e. The smallest absolute Gasteiger partial charge is 0.123 e. The van der Waals surface area contributed by atoms with Crippen LogP contribution in [0.25, 0.3) is 0 Å². The molecule has 1 atom stereocenters. The van der Waals surface area contributed by atoms with E-state index in [0.29, 0.717) is 5.56 Å². The lowest BCUT2D eigenvalue weighted by Gasteiger charge is -2.33. The summed E-state index contributed by atoms with van der Waals surface area (Å²) in [5.74, 6) is -0.307. The van der Waals surface area contributed by atoms with Gasteiger partial charge in [-0.3, -0.25) is 0 Å². The third-order valence-electron chi connectivity index (χ3n) is 5.54. The fourth-order valence-corrected chi connectivity index (χ4v) is 8.57. The second-order valence-corrected chi connectivity index (χ2v) is 10.9. The Morgan fingerprint density at radius 3 is 1.37 bits per heavy atom. The number of aliphatic hydroxyl groups excluding tert-OH is 1. The van der Waals surface area contributed by atoms with Gasteiger partial charge in [0.25, 0.3) is 0 Å². The van der Waals surface area contributed by atoms with Gasteiger partial charge in [0, 0.05) is 0 Å². The summed E-state index contributed by atoms with van der Waals surface area (Å²) in [7, 11) is 0. The number of hydrogen-bond acceptors (Lipinski definition) is 1. The maximum atomic E-state index is 13.5. The van der Waals surface area contributed by atoms with Crippen LogP contribution in [0, 0.1) is 5.82 Å². The minimum absolute atomic E-state index is 0.307. The summed E-state index contributed by atoms with van der Waals surface area (Å²) >= 11 is 0. The van der Waals surface area contributed by atoms with Crippen molar-refractivity contribution >= 4 is 28.1 Å². The molecule has 1 nitrogen and oxygen atoms in total. The minimum Gasteiger partial charge on any atom is -0.384 e. The van der Waals surface area contributed by atoms with Gasteiger partial charge in [0.15, 0.2) is 0 Å². The molecule has 4 rings (SSSR count). The normalized spacial score (nSPS) is 12.4. The Labute approximate surface area is 177 Å². The highest BCUT2D eigenvalue weighted by atomic mass is 31.2. The number of benzene rings is 4. The van der Waals surface area contributed by atoms with Gasteiger partial charge in [-0.15, -0.1) is 0 Å². The summed E-state index contributed by atoms with van der Waals surface area (Å²) in [5, 5.41) is 16.0. The van der Waals surface area contributed by atoms with Crippen LogP contribution in [0.1, 0.15) is 18.6 Å². The van der Waals surface area contributed by atoms with E-state index in [9.17, 15) is 9.50 Å². The van der Waals surface area contributed by atoms with Gasteiger partial charge in [0.05, 0.1) is 0 Å². The van der Waals surface area contributed by atoms with Crippen molar-refractivity contribution in [3.8, 4) is 0 Å². The Morgan fingerprint density at radius 1 is 0.633 bits per heavy atom. The van der Waals surface area contributed by atoms with E-state index in [-0.39, 0.29) is 5.82 Å². The van der Waals surface area contributed by atoms with Gasteiger partial charge in [0.1, 0.15) is 11.9 Å². The molecule has 0 aliphatic carbocycles. The molecule has 0 saturated heterocycles. The first-order chi connectivity index (χ1) is 14.6. The van der Waals surface area contributed by atoms with Crippen LogP contribution >= 0.6 is 6.89 Å². The molecule has 4 aromatic rings. The highest BCUT2D eigenvalue weighted by molar-refractivity contribution is 7.95. The van der Waals surface area contributed by atoms with E-state index in [1.165, 1.54) is 28.0 Å². The van der Waals surface area contributed by atoms with Crippen molar-refractivity contribution in [2.75, 3.05) is 0 Å². The standard InChI is InChI=1S/C27H24FOP/c1-21(27(29)22-17-19-23(28)20-18-22)30(24-11-5-2-6-12-24,25-13-7-3-8-14-25)26-15-9-4-10-16-26/h2-20,27,29H,1H3. The molecule has 1 N–H and O–H groups in total. The number of halogens is 1. The monoisotopic (exact) mass is 414 g/mol. The molecule has 0 bridgehead atoms. The lowest BCUT2D eigenvalue weighted by atomic mass is 10.1. The van der Waals surface area contributed by atoms with Crippen molar-refractivity contribution in [2.45, 2.75) is 13.0 Å². The molecular weight excluding hydrogens is 390 g/mol. The summed E-state index contributed by atoms with van der Waals surface area (Å²) in [6.45, 7) is -0.268. The fourth-order valence-electron chi connectivity index (χ4n) is 4.08. The molecular formula is C27H24FOP. The van der Waals surface area contributed by atoms with Crippen molar-refractivity contribution in [3.63, 3.8) is 0 Å². The average molecular weight is 414 g/mol. The van der Waals surface area contributed by atoms with Crippen LogP contribution < -0.4 is 15.9 Å².